The second-order valence-corrected chi connectivity index (χ2v) is 5.79. The van der Waals surface area contributed by atoms with Crippen LogP contribution in [0.5, 0.6) is 0 Å². The van der Waals surface area contributed by atoms with Crippen molar-refractivity contribution in [3.8, 4) is 0 Å². The third-order valence-electron chi connectivity index (χ3n) is 3.39. The number of amides is 2. The number of nitrogens with zero attached hydrogens (tertiary/aromatic N) is 1. The Morgan fingerprint density at radius 2 is 1.95 bits per heavy atom. The fraction of sp³-hybridized carbons (Fsp3) is 0.467. The van der Waals surface area contributed by atoms with Crippen molar-refractivity contribution in [2.24, 2.45) is 5.92 Å². The minimum absolute atomic E-state index is 0.0853. The van der Waals surface area contributed by atoms with Gasteiger partial charge in [-0.05, 0) is 18.2 Å². The molecule has 114 valence electrons. The summed E-state index contributed by atoms with van der Waals surface area (Å²) in [4.78, 5) is 26.0. The second kappa shape index (κ2) is 6.91. The van der Waals surface area contributed by atoms with Crippen LogP contribution in [0.15, 0.2) is 18.2 Å². The molecule has 21 heavy (non-hydrogen) atoms. The minimum Gasteiger partial charge on any atom is -0.336 e. The van der Waals surface area contributed by atoms with Crippen LogP contribution < -0.4 is 10.6 Å². The molecule has 0 aliphatic carbocycles. The summed E-state index contributed by atoms with van der Waals surface area (Å²) >= 11 is 6.13. The third kappa shape index (κ3) is 3.95. The first kappa shape index (κ1) is 15.8. The Morgan fingerprint density at radius 1 is 1.29 bits per heavy atom. The summed E-state index contributed by atoms with van der Waals surface area (Å²) in [6, 6.07) is 5.00. The lowest BCUT2D eigenvalue weighted by Gasteiger charge is -2.27. The average molecular weight is 310 g/mol. The topological polar surface area (TPSA) is 61.4 Å². The summed E-state index contributed by atoms with van der Waals surface area (Å²) in [7, 11) is 0. The number of hydrogen-bond acceptors (Lipinski definition) is 3. The number of nitrogens with one attached hydrogen (secondary N) is 2. The van der Waals surface area contributed by atoms with Crippen LogP contribution in [0.4, 0.5) is 5.69 Å². The van der Waals surface area contributed by atoms with E-state index in [4.69, 9.17) is 11.6 Å². The molecule has 0 spiro atoms. The zero-order valence-corrected chi connectivity index (χ0v) is 13.0. The standard InChI is InChI=1S/C15H20ClN3O2/c1-10(2)14(20)18-11-3-4-13(16)12(9-11)15(21)19-7-5-17-6-8-19/h3-4,9-10,17H,5-8H2,1-2H3,(H,18,20). The van der Waals surface area contributed by atoms with Crippen LogP contribution in [-0.4, -0.2) is 42.9 Å². The molecule has 0 aromatic heterocycles. The summed E-state index contributed by atoms with van der Waals surface area (Å²) in [6.45, 7) is 6.53. The van der Waals surface area contributed by atoms with Gasteiger partial charge in [0.05, 0.1) is 10.6 Å². The molecule has 1 aromatic rings. The van der Waals surface area contributed by atoms with Gasteiger partial charge in [-0.3, -0.25) is 9.59 Å². The number of benzene rings is 1. The highest BCUT2D eigenvalue weighted by atomic mass is 35.5. The van der Waals surface area contributed by atoms with Crippen molar-refractivity contribution in [2.45, 2.75) is 13.8 Å². The van der Waals surface area contributed by atoms with Crippen LogP contribution in [-0.2, 0) is 4.79 Å². The van der Waals surface area contributed by atoms with Crippen molar-refractivity contribution in [3.63, 3.8) is 0 Å². The summed E-state index contributed by atoms with van der Waals surface area (Å²) < 4.78 is 0. The first-order valence-corrected chi connectivity index (χ1v) is 7.47. The Bertz CT molecular complexity index is 540. The van der Waals surface area contributed by atoms with Gasteiger partial charge in [-0.15, -0.1) is 0 Å². The van der Waals surface area contributed by atoms with Crippen molar-refractivity contribution in [1.82, 2.24) is 10.2 Å². The molecule has 0 radical (unpaired) electrons. The smallest absolute Gasteiger partial charge is 0.255 e. The van der Waals surface area contributed by atoms with Gasteiger partial charge in [0.2, 0.25) is 5.91 Å². The molecule has 1 aliphatic rings. The van der Waals surface area contributed by atoms with Gasteiger partial charge in [0.25, 0.3) is 5.91 Å². The number of anilines is 1. The van der Waals surface area contributed by atoms with Gasteiger partial charge in [-0.25, -0.2) is 0 Å². The maximum absolute atomic E-state index is 12.5. The molecule has 2 N–H and O–H groups in total. The van der Waals surface area contributed by atoms with Crippen LogP contribution in [0.25, 0.3) is 0 Å². The quantitative estimate of drug-likeness (QED) is 0.897. The maximum atomic E-state index is 12.5. The number of halogens is 1. The number of rotatable bonds is 3. The van der Waals surface area contributed by atoms with E-state index in [1.807, 2.05) is 13.8 Å². The Kier molecular flexibility index (Phi) is 5.20. The summed E-state index contributed by atoms with van der Waals surface area (Å²) in [5, 5.41) is 6.39. The zero-order valence-electron chi connectivity index (χ0n) is 12.3. The highest BCUT2D eigenvalue weighted by molar-refractivity contribution is 6.34. The highest BCUT2D eigenvalue weighted by Crippen LogP contribution is 2.22. The van der Waals surface area contributed by atoms with Crippen molar-refractivity contribution in [1.29, 1.82) is 0 Å². The molecule has 1 aliphatic heterocycles. The van der Waals surface area contributed by atoms with E-state index in [2.05, 4.69) is 10.6 Å². The number of carbonyl (C=O) groups is 2. The van der Waals surface area contributed by atoms with E-state index in [1.54, 1.807) is 23.1 Å². The normalized spacial score (nSPS) is 15.1. The van der Waals surface area contributed by atoms with Gasteiger partial charge in [-0.1, -0.05) is 25.4 Å². The first-order chi connectivity index (χ1) is 9.99. The molecule has 0 bridgehead atoms. The summed E-state index contributed by atoms with van der Waals surface area (Å²) in [5.74, 6) is -0.298. The lowest BCUT2D eigenvalue weighted by atomic mass is 10.1. The molecular formula is C15H20ClN3O2. The molecule has 2 rings (SSSR count). The molecule has 1 saturated heterocycles. The largest absolute Gasteiger partial charge is 0.336 e. The summed E-state index contributed by atoms with van der Waals surface area (Å²) in [5.41, 5.74) is 1.02. The Morgan fingerprint density at radius 3 is 2.57 bits per heavy atom. The molecule has 5 nitrogen and oxygen atoms in total. The van der Waals surface area contributed by atoms with E-state index in [1.165, 1.54) is 0 Å². The van der Waals surface area contributed by atoms with E-state index < -0.39 is 0 Å². The number of piperazine rings is 1. The van der Waals surface area contributed by atoms with E-state index >= 15 is 0 Å². The van der Waals surface area contributed by atoms with Crippen molar-refractivity contribution >= 4 is 29.1 Å². The number of hydrogen-bond donors (Lipinski definition) is 2. The predicted molar refractivity (Wildman–Crippen MR) is 83.7 cm³/mol. The van der Waals surface area contributed by atoms with Crippen LogP contribution in [0.3, 0.4) is 0 Å². The minimum atomic E-state index is -0.118. The number of carbonyl (C=O) groups excluding carboxylic acids is 2. The molecule has 2 amide bonds. The van der Waals surface area contributed by atoms with Gasteiger partial charge in [0.15, 0.2) is 0 Å². The SMILES string of the molecule is CC(C)C(=O)Nc1ccc(Cl)c(C(=O)N2CCNCC2)c1. The second-order valence-electron chi connectivity index (χ2n) is 5.38. The van der Waals surface area contributed by atoms with Gasteiger partial charge in [0, 0.05) is 37.8 Å². The first-order valence-electron chi connectivity index (χ1n) is 7.09. The molecule has 0 saturated carbocycles. The maximum Gasteiger partial charge on any atom is 0.255 e. The lowest BCUT2D eigenvalue weighted by Crippen LogP contribution is -2.46. The van der Waals surface area contributed by atoms with Crippen molar-refractivity contribution < 1.29 is 9.59 Å². The Balaban J connectivity index is 2.18. The van der Waals surface area contributed by atoms with Crippen LogP contribution in [0, 0.1) is 5.92 Å². The molecule has 1 fully saturated rings. The lowest BCUT2D eigenvalue weighted by molar-refractivity contribution is -0.118. The zero-order chi connectivity index (χ0) is 15.4. The Hall–Kier alpha value is -1.59. The molecule has 6 heteroatoms. The molecular weight excluding hydrogens is 290 g/mol. The van der Waals surface area contributed by atoms with E-state index in [-0.39, 0.29) is 17.7 Å². The van der Waals surface area contributed by atoms with Crippen molar-refractivity contribution in [2.75, 3.05) is 31.5 Å². The monoisotopic (exact) mass is 309 g/mol. The molecule has 1 heterocycles. The fourth-order valence-electron chi connectivity index (χ4n) is 2.09. The third-order valence-corrected chi connectivity index (χ3v) is 3.72. The van der Waals surface area contributed by atoms with Gasteiger partial charge in [-0.2, -0.15) is 0 Å². The fourth-order valence-corrected chi connectivity index (χ4v) is 2.29. The van der Waals surface area contributed by atoms with Crippen molar-refractivity contribution in [3.05, 3.63) is 28.8 Å². The Labute approximate surface area is 129 Å². The highest BCUT2D eigenvalue weighted by Gasteiger charge is 2.21. The molecule has 0 unspecified atom stereocenters. The van der Waals surface area contributed by atoms with Gasteiger partial charge in [0.1, 0.15) is 0 Å². The van der Waals surface area contributed by atoms with Crippen LogP contribution in [0.2, 0.25) is 5.02 Å². The van der Waals surface area contributed by atoms with Crippen LogP contribution in [0.1, 0.15) is 24.2 Å². The van der Waals surface area contributed by atoms with E-state index in [9.17, 15) is 9.59 Å². The van der Waals surface area contributed by atoms with Gasteiger partial charge < -0.3 is 15.5 Å². The van der Waals surface area contributed by atoms with Gasteiger partial charge >= 0.3 is 0 Å². The van der Waals surface area contributed by atoms with Crippen LogP contribution >= 0.6 is 11.6 Å². The van der Waals surface area contributed by atoms with E-state index in [0.29, 0.717) is 29.4 Å². The average Bonchev–Trinajstić information content (AvgIpc) is 2.49. The summed E-state index contributed by atoms with van der Waals surface area (Å²) in [6.07, 6.45) is 0. The predicted octanol–water partition coefficient (Wildman–Crippen LogP) is 1.98. The van der Waals surface area contributed by atoms with E-state index in [0.717, 1.165) is 13.1 Å². The molecule has 1 aromatic carbocycles. The molecule has 0 atom stereocenters.